The molecule has 27 heavy (non-hydrogen) atoms. The largest absolute Gasteiger partial charge is 0.336 e. The van der Waals surface area contributed by atoms with Crippen LogP contribution in [0.4, 0.5) is 0 Å². The third kappa shape index (κ3) is 4.44. The van der Waals surface area contributed by atoms with Crippen LogP contribution in [0.1, 0.15) is 68.6 Å². The van der Waals surface area contributed by atoms with Gasteiger partial charge in [0.05, 0.1) is 12.1 Å². The third-order valence-electron chi connectivity index (χ3n) is 5.72. The Bertz CT molecular complexity index is 772. The molecule has 2 aromatic rings. The van der Waals surface area contributed by atoms with E-state index in [1.165, 1.54) is 21.6 Å². The van der Waals surface area contributed by atoms with Gasteiger partial charge in [0.1, 0.15) is 0 Å². The second-order valence-corrected chi connectivity index (χ2v) is 9.74. The molecule has 146 valence electrons. The van der Waals surface area contributed by atoms with E-state index < -0.39 is 0 Å². The maximum atomic E-state index is 13.1. The van der Waals surface area contributed by atoms with Crippen LogP contribution in [-0.2, 0) is 16.6 Å². The Labute approximate surface area is 167 Å². The highest BCUT2D eigenvalue weighted by Crippen LogP contribution is 2.38. The third-order valence-corrected chi connectivity index (χ3v) is 6.71. The molecule has 1 aliphatic heterocycles. The monoisotopic (exact) mass is 385 g/mol. The van der Waals surface area contributed by atoms with Gasteiger partial charge < -0.3 is 10.2 Å². The highest BCUT2D eigenvalue weighted by Gasteiger charge is 2.33. The van der Waals surface area contributed by atoms with Crippen molar-refractivity contribution in [1.29, 1.82) is 0 Å². The molecule has 0 fully saturated rings. The minimum absolute atomic E-state index is 0.0480. The van der Waals surface area contributed by atoms with E-state index in [-0.39, 0.29) is 17.4 Å². The molecule has 3 rings (SSSR count). The van der Waals surface area contributed by atoms with E-state index in [9.17, 15) is 4.79 Å². The molecule has 1 aromatic carbocycles. The number of thiophene rings is 1. The average molecular weight is 386 g/mol. The zero-order chi connectivity index (χ0) is 19.6. The van der Waals surface area contributed by atoms with E-state index in [4.69, 9.17) is 0 Å². The van der Waals surface area contributed by atoms with Crippen LogP contribution in [0.15, 0.2) is 35.7 Å². The van der Waals surface area contributed by atoms with Gasteiger partial charge in [-0.2, -0.15) is 0 Å². The van der Waals surface area contributed by atoms with E-state index >= 15 is 0 Å². The summed E-state index contributed by atoms with van der Waals surface area (Å²) in [5, 5.41) is 4.34. The summed E-state index contributed by atoms with van der Waals surface area (Å²) in [6.07, 6.45) is 2.05. The maximum absolute atomic E-state index is 13.1. The van der Waals surface area contributed by atoms with Crippen LogP contribution in [0.5, 0.6) is 0 Å². The fourth-order valence-corrected chi connectivity index (χ4v) is 4.60. The first-order valence-corrected chi connectivity index (χ1v) is 11.0. The van der Waals surface area contributed by atoms with Crippen LogP contribution in [0.25, 0.3) is 0 Å². The number of hydrogen-bond donors (Lipinski definition) is 1. The molecule has 1 aromatic heterocycles. The lowest BCUT2D eigenvalue weighted by Crippen LogP contribution is -2.91. The standard InChI is InChI=1S/C23H32N2OS/c1-6-16(2)24-15-21(26)25-13-11-20-19(12-14-27-20)22(25)17-7-9-18(10-8-17)23(3,4)5/h7-10,12,14,16,22,24H,6,11,13,15H2,1-5H3/p+1/t16-,22-/m1/s1. The van der Waals surface area contributed by atoms with Crippen molar-refractivity contribution in [1.82, 2.24) is 4.90 Å². The normalized spacial score (nSPS) is 18.3. The van der Waals surface area contributed by atoms with Crippen molar-refractivity contribution in [3.05, 3.63) is 57.3 Å². The van der Waals surface area contributed by atoms with Crippen molar-refractivity contribution in [3.63, 3.8) is 0 Å². The summed E-state index contributed by atoms with van der Waals surface area (Å²) >= 11 is 1.82. The SMILES string of the molecule is CC[C@@H](C)[NH2+]CC(=O)N1CCc2sccc2[C@H]1c1ccc(C(C)(C)C)cc1. The molecule has 4 heteroatoms. The minimum Gasteiger partial charge on any atom is -0.336 e. The first-order chi connectivity index (χ1) is 12.8. The zero-order valence-corrected chi connectivity index (χ0v) is 18.1. The molecule has 1 amide bonds. The summed E-state index contributed by atoms with van der Waals surface area (Å²) in [4.78, 5) is 16.6. The average Bonchev–Trinajstić information content (AvgIpc) is 3.13. The van der Waals surface area contributed by atoms with Gasteiger partial charge in [0.2, 0.25) is 0 Å². The van der Waals surface area contributed by atoms with Crippen LogP contribution in [0, 0.1) is 0 Å². The van der Waals surface area contributed by atoms with Gasteiger partial charge in [0.15, 0.2) is 6.54 Å². The van der Waals surface area contributed by atoms with E-state index in [1.807, 2.05) is 11.3 Å². The van der Waals surface area contributed by atoms with Gasteiger partial charge in [0.25, 0.3) is 5.91 Å². The van der Waals surface area contributed by atoms with Gasteiger partial charge in [-0.05, 0) is 53.3 Å². The fourth-order valence-electron chi connectivity index (χ4n) is 3.70. The Morgan fingerprint density at radius 1 is 1.26 bits per heavy atom. The number of rotatable bonds is 5. The van der Waals surface area contributed by atoms with Crippen molar-refractivity contribution in [2.45, 2.75) is 65.0 Å². The van der Waals surface area contributed by atoms with Crippen LogP contribution in [0.2, 0.25) is 0 Å². The van der Waals surface area contributed by atoms with Crippen molar-refractivity contribution in [2.24, 2.45) is 0 Å². The number of carbonyl (C=O) groups excluding carboxylic acids is 1. The highest BCUT2D eigenvalue weighted by molar-refractivity contribution is 7.10. The predicted octanol–water partition coefficient (Wildman–Crippen LogP) is 3.88. The molecule has 0 saturated carbocycles. The van der Waals surface area contributed by atoms with Gasteiger partial charge in [0, 0.05) is 11.4 Å². The topological polar surface area (TPSA) is 36.9 Å². The molecule has 3 nitrogen and oxygen atoms in total. The lowest BCUT2D eigenvalue weighted by atomic mass is 9.85. The van der Waals surface area contributed by atoms with Crippen LogP contribution in [-0.4, -0.2) is 29.9 Å². The van der Waals surface area contributed by atoms with Gasteiger partial charge in [-0.15, -0.1) is 11.3 Å². The second kappa shape index (κ2) is 8.15. The minimum atomic E-state index is 0.0480. The van der Waals surface area contributed by atoms with Crippen molar-refractivity contribution in [3.8, 4) is 0 Å². The Hall–Kier alpha value is -1.65. The summed E-state index contributed by atoms with van der Waals surface area (Å²) in [6.45, 7) is 12.4. The molecule has 2 N–H and O–H groups in total. The van der Waals surface area contributed by atoms with Gasteiger partial charge in [-0.3, -0.25) is 4.79 Å². The Morgan fingerprint density at radius 2 is 1.96 bits per heavy atom. The first kappa shape index (κ1) is 20.1. The number of benzene rings is 1. The summed E-state index contributed by atoms with van der Waals surface area (Å²) < 4.78 is 0. The molecule has 2 atom stereocenters. The summed E-state index contributed by atoms with van der Waals surface area (Å²) in [7, 11) is 0. The summed E-state index contributed by atoms with van der Waals surface area (Å²) in [6, 6.07) is 11.6. The fraction of sp³-hybridized carbons (Fsp3) is 0.522. The maximum Gasteiger partial charge on any atom is 0.278 e. The Kier molecular flexibility index (Phi) is 6.07. The molecule has 2 heterocycles. The number of nitrogens with two attached hydrogens (primary N) is 1. The summed E-state index contributed by atoms with van der Waals surface area (Å²) in [5.41, 5.74) is 4.00. The molecule has 0 saturated heterocycles. The van der Waals surface area contributed by atoms with Gasteiger partial charge in [-0.1, -0.05) is 52.0 Å². The number of quaternary nitrogens is 1. The Morgan fingerprint density at radius 3 is 2.59 bits per heavy atom. The van der Waals surface area contributed by atoms with Crippen LogP contribution >= 0.6 is 11.3 Å². The molecule has 1 aliphatic rings. The Balaban J connectivity index is 1.89. The zero-order valence-electron chi connectivity index (χ0n) is 17.3. The molecule has 0 unspecified atom stereocenters. The smallest absolute Gasteiger partial charge is 0.278 e. The van der Waals surface area contributed by atoms with Crippen molar-refractivity contribution in [2.75, 3.05) is 13.1 Å². The lowest BCUT2D eigenvalue weighted by Gasteiger charge is -2.36. The van der Waals surface area contributed by atoms with E-state index in [2.05, 4.69) is 80.5 Å². The van der Waals surface area contributed by atoms with Crippen molar-refractivity contribution < 1.29 is 10.1 Å². The second-order valence-electron chi connectivity index (χ2n) is 8.74. The quantitative estimate of drug-likeness (QED) is 0.833. The lowest BCUT2D eigenvalue weighted by molar-refractivity contribution is -0.676. The van der Waals surface area contributed by atoms with Crippen molar-refractivity contribution >= 4 is 17.2 Å². The first-order valence-electron chi connectivity index (χ1n) is 10.1. The van der Waals surface area contributed by atoms with Crippen LogP contribution in [0.3, 0.4) is 0 Å². The number of hydrogen-bond acceptors (Lipinski definition) is 2. The summed E-state index contributed by atoms with van der Waals surface area (Å²) in [5.74, 6) is 0.247. The number of fused-ring (bicyclic) bond motifs is 1. The number of nitrogens with zero attached hydrogens (tertiary/aromatic N) is 1. The molecule has 0 bridgehead atoms. The molecule has 0 radical (unpaired) electrons. The van der Waals surface area contributed by atoms with Gasteiger partial charge >= 0.3 is 0 Å². The number of amides is 1. The number of carbonyl (C=O) groups is 1. The van der Waals surface area contributed by atoms with E-state index in [1.54, 1.807) is 0 Å². The molecular weight excluding hydrogens is 352 g/mol. The predicted molar refractivity (Wildman–Crippen MR) is 113 cm³/mol. The van der Waals surface area contributed by atoms with E-state index in [0.29, 0.717) is 12.6 Å². The van der Waals surface area contributed by atoms with E-state index in [0.717, 1.165) is 19.4 Å². The highest BCUT2D eigenvalue weighted by atomic mass is 32.1. The van der Waals surface area contributed by atoms with Crippen LogP contribution < -0.4 is 5.32 Å². The molecular formula is C23H33N2OS+. The van der Waals surface area contributed by atoms with Gasteiger partial charge in [-0.25, -0.2) is 0 Å². The molecule has 0 aliphatic carbocycles. The molecule has 0 spiro atoms.